The van der Waals surface area contributed by atoms with Crippen LogP contribution in [-0.2, 0) is 4.79 Å². The van der Waals surface area contributed by atoms with Crippen molar-refractivity contribution in [3.63, 3.8) is 0 Å². The predicted octanol–water partition coefficient (Wildman–Crippen LogP) is 3.61. The van der Waals surface area contributed by atoms with Gasteiger partial charge >= 0.3 is 5.97 Å². The van der Waals surface area contributed by atoms with Crippen molar-refractivity contribution in [2.24, 2.45) is 5.92 Å². The van der Waals surface area contributed by atoms with Crippen molar-refractivity contribution >= 4 is 21.9 Å². The van der Waals surface area contributed by atoms with Gasteiger partial charge in [0.15, 0.2) is 0 Å². The number of methoxy groups -OCH3 is 1. The van der Waals surface area contributed by atoms with Crippen LogP contribution in [0.3, 0.4) is 0 Å². The zero-order chi connectivity index (χ0) is 15.3. The molecule has 1 rings (SSSR count). The van der Waals surface area contributed by atoms with E-state index in [4.69, 9.17) is 4.74 Å². The number of carbonyl (C=O) groups is 1. The van der Waals surface area contributed by atoms with Crippen molar-refractivity contribution < 1.29 is 14.6 Å². The van der Waals surface area contributed by atoms with Gasteiger partial charge in [-0.2, -0.15) is 0 Å². The minimum absolute atomic E-state index is 0.0601. The molecule has 0 radical (unpaired) electrons. The van der Waals surface area contributed by atoms with Crippen LogP contribution in [0.2, 0.25) is 0 Å². The monoisotopic (exact) mass is 343 g/mol. The first-order chi connectivity index (χ1) is 9.35. The van der Waals surface area contributed by atoms with Gasteiger partial charge in [-0.05, 0) is 37.0 Å². The van der Waals surface area contributed by atoms with Gasteiger partial charge in [-0.3, -0.25) is 10.1 Å². The molecule has 4 nitrogen and oxygen atoms in total. The Hall–Kier alpha value is -1.07. The molecule has 2 N–H and O–H groups in total. The smallest absolute Gasteiger partial charge is 0.320 e. The molecule has 1 aromatic carbocycles. The first-order valence-electron chi connectivity index (χ1n) is 6.67. The fourth-order valence-electron chi connectivity index (χ4n) is 2.09. The molecule has 5 heteroatoms. The molecule has 20 heavy (non-hydrogen) atoms. The molecular weight excluding hydrogens is 322 g/mol. The van der Waals surface area contributed by atoms with E-state index < -0.39 is 12.0 Å². The maximum absolute atomic E-state index is 11.3. The van der Waals surface area contributed by atoms with Gasteiger partial charge in [0.2, 0.25) is 0 Å². The molecule has 0 bridgehead atoms. The summed E-state index contributed by atoms with van der Waals surface area (Å²) in [7, 11) is 1.62. The lowest BCUT2D eigenvalue weighted by molar-refractivity contribution is -0.140. The van der Waals surface area contributed by atoms with Crippen molar-refractivity contribution in [3.05, 3.63) is 28.2 Å². The Kier molecular flexibility index (Phi) is 6.49. The van der Waals surface area contributed by atoms with E-state index in [0.717, 1.165) is 15.8 Å². The molecular formula is C15H22BrNO3. The van der Waals surface area contributed by atoms with E-state index in [-0.39, 0.29) is 6.04 Å². The summed E-state index contributed by atoms with van der Waals surface area (Å²) in [5.41, 5.74) is 1.01. The number of carboxylic acid groups (broad SMARTS) is 1. The molecule has 0 saturated carbocycles. The third-order valence-corrected chi connectivity index (χ3v) is 3.82. The largest absolute Gasteiger partial charge is 0.497 e. The summed E-state index contributed by atoms with van der Waals surface area (Å²) >= 11 is 3.50. The summed E-state index contributed by atoms with van der Waals surface area (Å²) in [5.74, 6) is 0.287. The van der Waals surface area contributed by atoms with Crippen LogP contribution >= 0.6 is 15.9 Å². The van der Waals surface area contributed by atoms with Gasteiger partial charge in [-0.1, -0.05) is 35.8 Å². The summed E-state index contributed by atoms with van der Waals surface area (Å²) in [5, 5.41) is 12.4. The van der Waals surface area contributed by atoms with Crippen molar-refractivity contribution in [1.29, 1.82) is 0 Å². The third kappa shape index (κ3) is 4.80. The highest BCUT2D eigenvalue weighted by Gasteiger charge is 2.22. The lowest BCUT2D eigenvalue weighted by Crippen LogP contribution is -2.39. The molecule has 0 aliphatic rings. The minimum atomic E-state index is -0.810. The lowest BCUT2D eigenvalue weighted by Gasteiger charge is -2.23. The summed E-state index contributed by atoms with van der Waals surface area (Å²) < 4.78 is 6.07. The first-order valence-corrected chi connectivity index (χ1v) is 7.46. The van der Waals surface area contributed by atoms with Gasteiger partial charge in [0.1, 0.15) is 11.8 Å². The van der Waals surface area contributed by atoms with Crippen LogP contribution < -0.4 is 10.1 Å². The molecule has 1 unspecified atom stereocenters. The standard InChI is InChI=1S/C15H22BrNO3/c1-9(2)7-14(15(18)19)17-10(3)12-6-5-11(20-4)8-13(12)16/h5-6,8-10,14,17H,7H2,1-4H3,(H,18,19)/t10?,14-/m1/s1. The number of carboxylic acids is 1. The van der Waals surface area contributed by atoms with Crippen LogP contribution in [-0.4, -0.2) is 24.2 Å². The predicted molar refractivity (Wildman–Crippen MR) is 83.1 cm³/mol. The SMILES string of the molecule is COc1ccc(C(C)N[C@H](CC(C)C)C(=O)O)c(Br)c1. The van der Waals surface area contributed by atoms with Crippen LogP contribution in [0.15, 0.2) is 22.7 Å². The van der Waals surface area contributed by atoms with Crippen molar-refractivity contribution in [2.75, 3.05) is 7.11 Å². The Morgan fingerprint density at radius 3 is 2.50 bits per heavy atom. The van der Waals surface area contributed by atoms with Crippen LogP contribution in [0, 0.1) is 5.92 Å². The van der Waals surface area contributed by atoms with Gasteiger partial charge in [0.05, 0.1) is 7.11 Å². The number of aliphatic carboxylic acids is 1. The van der Waals surface area contributed by atoms with Crippen molar-refractivity contribution in [3.8, 4) is 5.75 Å². The second-order valence-corrected chi connectivity index (χ2v) is 6.15. The van der Waals surface area contributed by atoms with Crippen molar-refractivity contribution in [1.82, 2.24) is 5.32 Å². The molecule has 112 valence electrons. The maximum Gasteiger partial charge on any atom is 0.320 e. The van der Waals surface area contributed by atoms with E-state index in [2.05, 4.69) is 21.2 Å². The quantitative estimate of drug-likeness (QED) is 0.793. The number of hydrogen-bond donors (Lipinski definition) is 2. The van der Waals surface area contributed by atoms with E-state index in [0.29, 0.717) is 12.3 Å². The van der Waals surface area contributed by atoms with Crippen molar-refractivity contribution in [2.45, 2.75) is 39.3 Å². The van der Waals surface area contributed by atoms with E-state index in [1.165, 1.54) is 0 Å². The van der Waals surface area contributed by atoms with Gasteiger partial charge in [-0.25, -0.2) is 0 Å². The third-order valence-electron chi connectivity index (χ3n) is 3.13. The number of ether oxygens (including phenoxy) is 1. The molecule has 0 amide bonds. The van der Waals surface area contributed by atoms with Crippen LogP contribution in [0.4, 0.5) is 0 Å². The minimum Gasteiger partial charge on any atom is -0.497 e. The van der Waals surface area contributed by atoms with Crippen LogP contribution in [0.1, 0.15) is 38.8 Å². The average Bonchev–Trinajstić information content (AvgIpc) is 2.36. The van der Waals surface area contributed by atoms with Gasteiger partial charge in [-0.15, -0.1) is 0 Å². The highest BCUT2D eigenvalue weighted by Crippen LogP contribution is 2.28. The second kappa shape index (κ2) is 7.64. The second-order valence-electron chi connectivity index (χ2n) is 5.30. The molecule has 0 aliphatic carbocycles. The summed E-state index contributed by atoms with van der Waals surface area (Å²) in [6, 6.07) is 5.09. The van der Waals surface area contributed by atoms with Crippen LogP contribution in [0.5, 0.6) is 5.75 Å². The summed E-state index contributed by atoms with van der Waals surface area (Å²) in [4.78, 5) is 11.3. The lowest BCUT2D eigenvalue weighted by atomic mass is 10.0. The number of halogens is 1. The van der Waals surface area contributed by atoms with E-state index in [1.54, 1.807) is 7.11 Å². The molecule has 0 aliphatic heterocycles. The summed E-state index contributed by atoms with van der Waals surface area (Å²) in [6.45, 7) is 6.00. The molecule has 0 heterocycles. The molecule has 2 atom stereocenters. The van der Waals surface area contributed by atoms with Gasteiger partial charge < -0.3 is 9.84 Å². The maximum atomic E-state index is 11.3. The number of nitrogens with one attached hydrogen (secondary N) is 1. The molecule has 0 spiro atoms. The van der Waals surface area contributed by atoms with Gasteiger partial charge in [0.25, 0.3) is 0 Å². The molecule has 0 saturated heterocycles. The fourth-order valence-corrected chi connectivity index (χ4v) is 2.79. The highest BCUT2D eigenvalue weighted by atomic mass is 79.9. The summed E-state index contributed by atoms with van der Waals surface area (Å²) in [6.07, 6.45) is 0.605. The molecule has 1 aromatic rings. The number of rotatable bonds is 7. The number of benzene rings is 1. The Labute approximate surface area is 128 Å². The van der Waals surface area contributed by atoms with E-state index in [9.17, 15) is 9.90 Å². The Morgan fingerprint density at radius 1 is 1.40 bits per heavy atom. The Bertz CT molecular complexity index is 462. The Balaban J connectivity index is 2.83. The topological polar surface area (TPSA) is 58.6 Å². The Morgan fingerprint density at radius 2 is 2.05 bits per heavy atom. The van der Waals surface area contributed by atoms with E-state index >= 15 is 0 Å². The fraction of sp³-hybridized carbons (Fsp3) is 0.533. The zero-order valence-corrected chi connectivity index (χ0v) is 13.9. The molecule has 0 aromatic heterocycles. The van der Waals surface area contributed by atoms with Crippen LogP contribution in [0.25, 0.3) is 0 Å². The average molecular weight is 344 g/mol. The zero-order valence-electron chi connectivity index (χ0n) is 12.3. The van der Waals surface area contributed by atoms with Gasteiger partial charge in [0, 0.05) is 10.5 Å². The van der Waals surface area contributed by atoms with E-state index in [1.807, 2.05) is 39.0 Å². The number of hydrogen-bond acceptors (Lipinski definition) is 3. The first kappa shape index (κ1) is 17.0. The highest BCUT2D eigenvalue weighted by molar-refractivity contribution is 9.10. The normalized spacial score (nSPS) is 14.1. The molecule has 0 fully saturated rings.